The van der Waals surface area contributed by atoms with Gasteiger partial charge in [-0.1, -0.05) is 26.5 Å². The SMILES string of the molecule is C=C1N=C2C(=CC=CN2C)C1(C)C. The molecular weight excluding hydrogens is 160 g/mol. The molecule has 0 saturated carbocycles. The molecule has 0 radical (unpaired) electrons. The van der Waals surface area contributed by atoms with E-state index in [1.807, 2.05) is 18.1 Å². The number of aliphatic imine (C=N–C) groups is 1. The van der Waals surface area contributed by atoms with Crippen molar-refractivity contribution in [2.75, 3.05) is 7.05 Å². The van der Waals surface area contributed by atoms with Crippen LogP contribution in [0.5, 0.6) is 0 Å². The molecule has 2 aliphatic heterocycles. The molecule has 0 saturated heterocycles. The number of hydrogen-bond donors (Lipinski definition) is 0. The van der Waals surface area contributed by atoms with E-state index in [1.165, 1.54) is 5.57 Å². The third-order valence-electron chi connectivity index (χ3n) is 2.78. The molecule has 2 aliphatic rings. The van der Waals surface area contributed by atoms with Gasteiger partial charge in [-0.3, -0.25) is 0 Å². The number of nitrogens with zero attached hydrogens (tertiary/aromatic N) is 2. The molecule has 0 amide bonds. The van der Waals surface area contributed by atoms with E-state index in [-0.39, 0.29) is 5.41 Å². The first kappa shape index (κ1) is 8.30. The van der Waals surface area contributed by atoms with Gasteiger partial charge in [-0.05, 0) is 6.08 Å². The average molecular weight is 174 g/mol. The van der Waals surface area contributed by atoms with E-state index in [0.29, 0.717) is 0 Å². The molecule has 0 fully saturated rings. The number of amidine groups is 1. The van der Waals surface area contributed by atoms with Crippen molar-refractivity contribution in [3.63, 3.8) is 0 Å². The average Bonchev–Trinajstić information content (AvgIpc) is 2.28. The summed E-state index contributed by atoms with van der Waals surface area (Å²) >= 11 is 0. The second kappa shape index (κ2) is 2.34. The molecular formula is C11H14N2. The smallest absolute Gasteiger partial charge is 0.136 e. The zero-order valence-electron chi connectivity index (χ0n) is 8.33. The molecule has 2 heteroatoms. The van der Waals surface area contributed by atoms with Gasteiger partial charge in [0.05, 0.1) is 0 Å². The van der Waals surface area contributed by atoms with Crippen LogP contribution in [0.2, 0.25) is 0 Å². The highest BCUT2D eigenvalue weighted by Gasteiger charge is 2.37. The lowest BCUT2D eigenvalue weighted by Crippen LogP contribution is -2.27. The molecule has 0 unspecified atom stereocenters. The highest BCUT2D eigenvalue weighted by Crippen LogP contribution is 2.42. The maximum Gasteiger partial charge on any atom is 0.136 e. The summed E-state index contributed by atoms with van der Waals surface area (Å²) in [5.74, 6) is 1.04. The van der Waals surface area contributed by atoms with E-state index in [4.69, 9.17) is 0 Å². The maximum absolute atomic E-state index is 4.47. The minimum absolute atomic E-state index is 0.00560. The summed E-state index contributed by atoms with van der Waals surface area (Å²) in [4.78, 5) is 6.51. The molecule has 0 atom stereocenters. The number of rotatable bonds is 0. The first-order valence-electron chi connectivity index (χ1n) is 4.44. The minimum atomic E-state index is -0.00560. The summed E-state index contributed by atoms with van der Waals surface area (Å²) < 4.78 is 0. The van der Waals surface area contributed by atoms with E-state index < -0.39 is 0 Å². The lowest BCUT2D eigenvalue weighted by molar-refractivity contribution is 0.565. The second-order valence-electron chi connectivity index (χ2n) is 4.04. The summed E-state index contributed by atoms with van der Waals surface area (Å²) in [6.45, 7) is 8.30. The highest BCUT2D eigenvalue weighted by atomic mass is 15.2. The Morgan fingerprint density at radius 3 is 2.77 bits per heavy atom. The quantitative estimate of drug-likeness (QED) is 0.550. The second-order valence-corrected chi connectivity index (χ2v) is 4.04. The van der Waals surface area contributed by atoms with Crippen LogP contribution in [0, 0.1) is 5.41 Å². The van der Waals surface area contributed by atoms with Crippen molar-refractivity contribution in [3.05, 3.63) is 36.2 Å². The van der Waals surface area contributed by atoms with E-state index in [1.54, 1.807) is 0 Å². The van der Waals surface area contributed by atoms with Crippen LogP contribution < -0.4 is 0 Å². The van der Waals surface area contributed by atoms with Gasteiger partial charge in [0.15, 0.2) is 0 Å². The summed E-state index contributed by atoms with van der Waals surface area (Å²) in [6, 6.07) is 0. The van der Waals surface area contributed by atoms with Crippen molar-refractivity contribution in [2.24, 2.45) is 10.4 Å². The van der Waals surface area contributed by atoms with Crippen LogP contribution in [-0.4, -0.2) is 17.8 Å². The van der Waals surface area contributed by atoms with E-state index >= 15 is 0 Å². The van der Waals surface area contributed by atoms with Gasteiger partial charge in [-0.25, -0.2) is 4.99 Å². The molecule has 0 aromatic carbocycles. The molecule has 0 aromatic rings. The van der Waals surface area contributed by atoms with Gasteiger partial charge in [0, 0.05) is 29.9 Å². The van der Waals surface area contributed by atoms with E-state index in [0.717, 1.165) is 11.5 Å². The van der Waals surface area contributed by atoms with Crippen molar-refractivity contribution in [2.45, 2.75) is 13.8 Å². The molecule has 68 valence electrons. The Labute approximate surface area is 79.0 Å². The molecule has 2 nitrogen and oxygen atoms in total. The van der Waals surface area contributed by atoms with E-state index in [2.05, 4.69) is 37.6 Å². The van der Waals surface area contributed by atoms with Crippen molar-refractivity contribution in [3.8, 4) is 0 Å². The number of fused-ring (bicyclic) bond motifs is 1. The van der Waals surface area contributed by atoms with Crippen molar-refractivity contribution in [1.82, 2.24) is 4.90 Å². The molecule has 2 heterocycles. The third-order valence-corrected chi connectivity index (χ3v) is 2.78. The van der Waals surface area contributed by atoms with Gasteiger partial charge in [0.25, 0.3) is 0 Å². The zero-order chi connectivity index (χ0) is 9.64. The van der Waals surface area contributed by atoms with Gasteiger partial charge in [0.1, 0.15) is 5.84 Å². The fraction of sp³-hybridized carbons (Fsp3) is 0.364. The molecule has 0 spiro atoms. The van der Waals surface area contributed by atoms with Crippen LogP contribution in [0.4, 0.5) is 0 Å². The van der Waals surface area contributed by atoms with Gasteiger partial charge in [-0.15, -0.1) is 0 Å². The normalized spacial score (nSPS) is 24.2. The highest BCUT2D eigenvalue weighted by molar-refractivity contribution is 6.04. The standard InChI is InChI=1S/C11H14N2/c1-8-11(2,3)9-6-5-7-13(4)10(9)12-8/h5-7H,1H2,2-4H3. The fourth-order valence-electron chi connectivity index (χ4n) is 1.65. The van der Waals surface area contributed by atoms with E-state index in [9.17, 15) is 0 Å². The largest absolute Gasteiger partial charge is 0.336 e. The van der Waals surface area contributed by atoms with Gasteiger partial charge < -0.3 is 4.90 Å². The Balaban J connectivity index is 2.54. The summed E-state index contributed by atoms with van der Waals surface area (Å²) in [6.07, 6.45) is 6.18. The molecule has 2 rings (SSSR count). The van der Waals surface area contributed by atoms with Gasteiger partial charge in [0.2, 0.25) is 0 Å². The summed E-state index contributed by atoms with van der Waals surface area (Å²) in [7, 11) is 2.01. The number of hydrogen-bond acceptors (Lipinski definition) is 2. The lowest BCUT2D eigenvalue weighted by atomic mass is 9.82. The Kier molecular flexibility index (Phi) is 1.50. The number of likely N-dealkylation sites (N-methyl/N-ethyl adjacent to an activating group) is 1. The molecule has 13 heavy (non-hydrogen) atoms. The van der Waals surface area contributed by atoms with Crippen LogP contribution in [0.3, 0.4) is 0 Å². The van der Waals surface area contributed by atoms with Crippen LogP contribution in [-0.2, 0) is 0 Å². The van der Waals surface area contributed by atoms with Gasteiger partial charge >= 0.3 is 0 Å². The lowest BCUT2D eigenvalue weighted by Gasteiger charge is -2.25. The first-order chi connectivity index (χ1) is 6.03. The predicted octanol–water partition coefficient (Wildman–Crippen LogP) is 2.32. The van der Waals surface area contributed by atoms with Crippen LogP contribution in [0.1, 0.15) is 13.8 Å². The zero-order valence-corrected chi connectivity index (χ0v) is 8.33. The minimum Gasteiger partial charge on any atom is -0.336 e. The topological polar surface area (TPSA) is 15.6 Å². The van der Waals surface area contributed by atoms with Crippen molar-refractivity contribution < 1.29 is 0 Å². The molecule has 0 aromatic heterocycles. The number of allylic oxidation sites excluding steroid dienone is 3. The summed E-state index contributed by atoms with van der Waals surface area (Å²) in [5, 5.41) is 0. The first-order valence-corrected chi connectivity index (χ1v) is 4.44. The van der Waals surface area contributed by atoms with Crippen molar-refractivity contribution in [1.29, 1.82) is 0 Å². The Bertz CT molecular complexity index is 356. The maximum atomic E-state index is 4.47. The monoisotopic (exact) mass is 174 g/mol. The Morgan fingerprint density at radius 2 is 2.15 bits per heavy atom. The van der Waals surface area contributed by atoms with Crippen LogP contribution in [0.25, 0.3) is 0 Å². The molecule has 0 aliphatic carbocycles. The van der Waals surface area contributed by atoms with Crippen LogP contribution >= 0.6 is 0 Å². The Hall–Kier alpha value is -1.31. The fourth-order valence-corrected chi connectivity index (χ4v) is 1.65. The van der Waals surface area contributed by atoms with Crippen molar-refractivity contribution >= 4 is 5.84 Å². The predicted molar refractivity (Wildman–Crippen MR) is 55.3 cm³/mol. The molecule has 0 bridgehead atoms. The molecule has 0 N–H and O–H groups in total. The van der Waals surface area contributed by atoms with Crippen LogP contribution in [0.15, 0.2) is 41.2 Å². The van der Waals surface area contributed by atoms with Gasteiger partial charge in [-0.2, -0.15) is 0 Å². The third kappa shape index (κ3) is 0.981. The Morgan fingerprint density at radius 1 is 1.46 bits per heavy atom. The summed E-state index contributed by atoms with van der Waals surface area (Å²) in [5.41, 5.74) is 2.21.